The Kier molecular flexibility index (Phi) is 3.90. The summed E-state index contributed by atoms with van der Waals surface area (Å²) >= 11 is 6.82. The van der Waals surface area contributed by atoms with Crippen LogP contribution in [0.1, 0.15) is 19.8 Å². The van der Waals surface area contributed by atoms with Crippen LogP contribution in [0.3, 0.4) is 0 Å². The maximum Gasteiger partial charge on any atom is 0.244 e. The molecule has 0 bridgehead atoms. The number of benzene rings is 1. The Labute approximate surface area is 118 Å². The minimum Gasteiger partial charge on any atom is -0.323 e. The Bertz CT molecular complexity index is 442. The van der Waals surface area contributed by atoms with E-state index in [0.29, 0.717) is 0 Å². The van der Waals surface area contributed by atoms with Crippen molar-refractivity contribution >= 4 is 43.5 Å². The fourth-order valence-electron chi connectivity index (χ4n) is 1.94. The summed E-state index contributed by atoms with van der Waals surface area (Å²) in [6, 6.07) is 5.70. The normalized spacial score (nSPS) is 23.7. The molecule has 1 aromatic rings. The van der Waals surface area contributed by atoms with Gasteiger partial charge in [-0.25, -0.2) is 0 Å². The Morgan fingerprint density at radius 2 is 2.24 bits per heavy atom. The van der Waals surface area contributed by atoms with Gasteiger partial charge in [0.25, 0.3) is 0 Å². The summed E-state index contributed by atoms with van der Waals surface area (Å²) in [4.78, 5) is 12.2. The van der Waals surface area contributed by atoms with Crippen molar-refractivity contribution in [3.8, 4) is 0 Å². The summed E-state index contributed by atoms with van der Waals surface area (Å²) in [5.41, 5.74) is 0.361. The molecule has 1 unspecified atom stereocenters. The number of hydrogen-bond acceptors (Lipinski definition) is 2. The maximum atomic E-state index is 12.2. The van der Waals surface area contributed by atoms with Gasteiger partial charge in [0.1, 0.15) is 0 Å². The van der Waals surface area contributed by atoms with Gasteiger partial charge in [0.05, 0.1) is 11.2 Å². The number of amides is 1. The van der Waals surface area contributed by atoms with Crippen LogP contribution in [0.2, 0.25) is 0 Å². The van der Waals surface area contributed by atoms with Gasteiger partial charge < -0.3 is 10.6 Å². The van der Waals surface area contributed by atoms with Gasteiger partial charge in [0.2, 0.25) is 5.91 Å². The molecule has 1 atom stereocenters. The molecule has 1 heterocycles. The molecule has 17 heavy (non-hydrogen) atoms. The average Bonchev–Trinajstić information content (AvgIpc) is 2.71. The number of halogens is 2. The highest BCUT2D eigenvalue weighted by atomic mass is 79.9. The summed E-state index contributed by atoms with van der Waals surface area (Å²) in [5.74, 6) is 0.0259. The Hall–Kier alpha value is -0.390. The summed E-state index contributed by atoms with van der Waals surface area (Å²) in [7, 11) is 0. The minimum absolute atomic E-state index is 0.0259. The number of carbonyl (C=O) groups is 1. The summed E-state index contributed by atoms with van der Waals surface area (Å²) in [6.45, 7) is 2.85. The van der Waals surface area contributed by atoms with E-state index in [-0.39, 0.29) is 5.91 Å². The molecule has 0 aliphatic carbocycles. The first-order chi connectivity index (χ1) is 8.01. The Morgan fingerprint density at radius 1 is 1.47 bits per heavy atom. The van der Waals surface area contributed by atoms with E-state index in [1.165, 1.54) is 0 Å². The summed E-state index contributed by atoms with van der Waals surface area (Å²) in [5, 5.41) is 6.20. The first kappa shape index (κ1) is 13.1. The highest BCUT2D eigenvalue weighted by Crippen LogP contribution is 2.28. The molecule has 1 aliphatic heterocycles. The summed E-state index contributed by atoms with van der Waals surface area (Å²) < 4.78 is 1.86. The van der Waals surface area contributed by atoms with E-state index in [0.717, 1.165) is 34.0 Å². The molecule has 0 saturated carbocycles. The van der Waals surface area contributed by atoms with Crippen molar-refractivity contribution in [1.82, 2.24) is 5.32 Å². The number of nitrogens with one attached hydrogen (secondary N) is 2. The lowest BCUT2D eigenvalue weighted by atomic mass is 9.99. The van der Waals surface area contributed by atoms with Gasteiger partial charge in [0, 0.05) is 8.95 Å². The van der Waals surface area contributed by atoms with Crippen LogP contribution in [0.5, 0.6) is 0 Å². The number of anilines is 1. The molecule has 1 saturated heterocycles. The second kappa shape index (κ2) is 5.08. The Balaban J connectivity index is 2.13. The van der Waals surface area contributed by atoms with Crippen molar-refractivity contribution in [1.29, 1.82) is 0 Å². The zero-order valence-corrected chi connectivity index (χ0v) is 12.7. The van der Waals surface area contributed by atoms with Crippen LogP contribution in [0, 0.1) is 0 Å². The van der Waals surface area contributed by atoms with E-state index in [4.69, 9.17) is 0 Å². The smallest absolute Gasteiger partial charge is 0.244 e. The predicted molar refractivity (Wildman–Crippen MR) is 76.1 cm³/mol. The second-order valence-electron chi connectivity index (χ2n) is 4.44. The van der Waals surface area contributed by atoms with Crippen LogP contribution in [0.4, 0.5) is 5.69 Å². The molecule has 1 amide bonds. The lowest BCUT2D eigenvalue weighted by Crippen LogP contribution is -2.48. The van der Waals surface area contributed by atoms with Gasteiger partial charge in [-0.05, 0) is 60.4 Å². The molecular formula is C12H14Br2N2O. The molecule has 2 N–H and O–H groups in total. The van der Waals surface area contributed by atoms with Crippen LogP contribution in [-0.2, 0) is 4.79 Å². The molecule has 1 aromatic carbocycles. The van der Waals surface area contributed by atoms with Gasteiger partial charge in [-0.2, -0.15) is 0 Å². The lowest BCUT2D eigenvalue weighted by molar-refractivity contribution is -0.121. The molecule has 3 nitrogen and oxygen atoms in total. The zero-order chi connectivity index (χ0) is 12.5. The second-order valence-corrected chi connectivity index (χ2v) is 6.21. The van der Waals surface area contributed by atoms with Gasteiger partial charge in [-0.1, -0.05) is 15.9 Å². The van der Waals surface area contributed by atoms with Crippen molar-refractivity contribution in [2.75, 3.05) is 11.9 Å². The van der Waals surface area contributed by atoms with E-state index in [1.54, 1.807) is 0 Å². The van der Waals surface area contributed by atoms with E-state index in [9.17, 15) is 4.79 Å². The molecule has 2 rings (SSSR count). The van der Waals surface area contributed by atoms with Gasteiger partial charge in [-0.15, -0.1) is 0 Å². The number of rotatable bonds is 2. The molecule has 0 spiro atoms. The largest absolute Gasteiger partial charge is 0.323 e. The average molecular weight is 362 g/mol. The van der Waals surface area contributed by atoms with Gasteiger partial charge >= 0.3 is 0 Å². The lowest BCUT2D eigenvalue weighted by Gasteiger charge is -2.23. The first-order valence-electron chi connectivity index (χ1n) is 5.53. The van der Waals surface area contributed by atoms with E-state index < -0.39 is 5.54 Å². The first-order valence-corrected chi connectivity index (χ1v) is 7.11. The number of carbonyl (C=O) groups excluding carboxylic acids is 1. The highest BCUT2D eigenvalue weighted by Gasteiger charge is 2.35. The molecule has 1 fully saturated rings. The molecule has 1 aliphatic rings. The van der Waals surface area contributed by atoms with E-state index in [2.05, 4.69) is 42.5 Å². The third kappa shape index (κ3) is 2.89. The van der Waals surface area contributed by atoms with Gasteiger partial charge in [-0.3, -0.25) is 4.79 Å². The standard InChI is InChI=1S/C12H14Br2N2O/c1-12(5-2-6-15-12)11(17)16-10-4-3-8(13)7-9(10)14/h3-4,7,15H,2,5-6H2,1H3,(H,16,17). The van der Waals surface area contributed by atoms with Crippen molar-refractivity contribution in [2.24, 2.45) is 0 Å². The van der Waals surface area contributed by atoms with Crippen LogP contribution >= 0.6 is 31.9 Å². The highest BCUT2D eigenvalue weighted by molar-refractivity contribution is 9.11. The molecule has 92 valence electrons. The molecular weight excluding hydrogens is 348 g/mol. The van der Waals surface area contributed by atoms with Crippen molar-refractivity contribution in [3.05, 3.63) is 27.1 Å². The van der Waals surface area contributed by atoms with Crippen LogP contribution < -0.4 is 10.6 Å². The molecule has 0 aromatic heterocycles. The number of hydrogen-bond donors (Lipinski definition) is 2. The maximum absolute atomic E-state index is 12.2. The van der Waals surface area contributed by atoms with Crippen LogP contribution in [0.15, 0.2) is 27.1 Å². The van der Waals surface area contributed by atoms with Crippen molar-refractivity contribution in [2.45, 2.75) is 25.3 Å². The third-order valence-electron chi connectivity index (χ3n) is 3.05. The van der Waals surface area contributed by atoms with Crippen molar-refractivity contribution < 1.29 is 4.79 Å². The summed E-state index contributed by atoms with van der Waals surface area (Å²) in [6.07, 6.45) is 1.93. The fraction of sp³-hybridized carbons (Fsp3) is 0.417. The zero-order valence-electron chi connectivity index (χ0n) is 9.52. The quantitative estimate of drug-likeness (QED) is 0.848. The minimum atomic E-state index is -0.438. The van der Waals surface area contributed by atoms with E-state index >= 15 is 0 Å². The van der Waals surface area contributed by atoms with Crippen LogP contribution in [0.25, 0.3) is 0 Å². The predicted octanol–water partition coefficient (Wildman–Crippen LogP) is 3.29. The van der Waals surface area contributed by atoms with Crippen molar-refractivity contribution in [3.63, 3.8) is 0 Å². The van der Waals surface area contributed by atoms with Gasteiger partial charge in [0.15, 0.2) is 0 Å². The Morgan fingerprint density at radius 3 is 2.82 bits per heavy atom. The topological polar surface area (TPSA) is 41.1 Å². The van der Waals surface area contributed by atoms with E-state index in [1.807, 2.05) is 25.1 Å². The molecule has 5 heteroatoms. The monoisotopic (exact) mass is 360 g/mol. The third-order valence-corrected chi connectivity index (χ3v) is 4.20. The van der Waals surface area contributed by atoms with Crippen LogP contribution in [-0.4, -0.2) is 18.0 Å². The molecule has 0 radical (unpaired) electrons. The SMILES string of the molecule is CC1(C(=O)Nc2ccc(Br)cc2Br)CCCN1. The fourth-order valence-corrected chi connectivity index (χ4v) is 3.09.